The molecule has 4 aliphatic carbocycles. The quantitative estimate of drug-likeness (QED) is 0.560. The Labute approximate surface area is 183 Å². The summed E-state index contributed by atoms with van der Waals surface area (Å²) in [5, 5.41) is 6.81. The lowest BCUT2D eigenvalue weighted by Gasteiger charge is -2.42. The van der Waals surface area contributed by atoms with Crippen molar-refractivity contribution < 1.29 is 9.59 Å². The van der Waals surface area contributed by atoms with Gasteiger partial charge in [0.1, 0.15) is 0 Å². The molecule has 2 amide bonds. The maximum atomic E-state index is 12.7. The third kappa shape index (κ3) is 3.06. The minimum Gasteiger partial charge on any atom is -0.353 e. The lowest BCUT2D eigenvalue weighted by Crippen LogP contribution is -2.56. The van der Waals surface area contributed by atoms with Gasteiger partial charge >= 0.3 is 0 Å². The summed E-state index contributed by atoms with van der Waals surface area (Å²) < 4.78 is 0. The number of rotatable bonds is 7. The van der Waals surface area contributed by atoms with Crippen LogP contribution in [0.4, 0.5) is 0 Å². The fourth-order valence-corrected chi connectivity index (χ4v) is 8.29. The van der Waals surface area contributed by atoms with E-state index in [9.17, 15) is 9.59 Å². The molecule has 0 aliphatic heterocycles. The first-order valence-electron chi connectivity index (χ1n) is 12.5. The van der Waals surface area contributed by atoms with Gasteiger partial charge in [0.05, 0.1) is 0 Å². The fourth-order valence-electron chi connectivity index (χ4n) is 8.29. The number of unbranched alkanes of at least 4 members (excludes halogenated alkanes) is 1. The molecule has 4 bridgehead atoms. The van der Waals surface area contributed by atoms with Gasteiger partial charge in [-0.25, -0.2) is 0 Å². The van der Waals surface area contributed by atoms with Crippen LogP contribution in [0.25, 0.3) is 0 Å². The highest BCUT2D eigenvalue weighted by Crippen LogP contribution is 2.65. The van der Waals surface area contributed by atoms with Crippen LogP contribution >= 0.6 is 0 Å². The molecule has 0 aromatic carbocycles. The Morgan fingerprint density at radius 3 is 1.93 bits per heavy atom. The van der Waals surface area contributed by atoms with Crippen LogP contribution in [-0.2, 0) is 9.59 Å². The second-order valence-corrected chi connectivity index (χ2v) is 12.6. The largest absolute Gasteiger partial charge is 0.353 e. The van der Waals surface area contributed by atoms with Gasteiger partial charge in [0, 0.05) is 24.4 Å². The number of hydrogen-bond acceptors (Lipinski definition) is 2. The Morgan fingerprint density at radius 1 is 0.833 bits per heavy atom. The third-order valence-electron chi connectivity index (χ3n) is 11.1. The van der Waals surface area contributed by atoms with Gasteiger partial charge in [-0.1, -0.05) is 41.5 Å². The zero-order valence-corrected chi connectivity index (χ0v) is 20.2. The average molecular weight is 417 g/mol. The summed E-state index contributed by atoms with van der Waals surface area (Å²) in [6.07, 6.45) is 9.95. The number of fused-ring (bicyclic) bond motifs is 4. The van der Waals surface area contributed by atoms with Crippen LogP contribution < -0.4 is 10.6 Å². The molecule has 0 heterocycles. The van der Waals surface area contributed by atoms with Gasteiger partial charge in [0.25, 0.3) is 0 Å². The van der Waals surface area contributed by atoms with E-state index in [2.05, 4.69) is 52.2 Å². The normalized spacial score (nSPS) is 42.5. The highest BCUT2D eigenvalue weighted by Gasteiger charge is 2.63. The first kappa shape index (κ1) is 22.1. The monoisotopic (exact) mass is 416 g/mol. The summed E-state index contributed by atoms with van der Waals surface area (Å²) >= 11 is 0. The van der Waals surface area contributed by atoms with Gasteiger partial charge in [-0.15, -0.1) is 0 Å². The molecule has 170 valence electrons. The predicted molar refractivity (Wildman–Crippen MR) is 121 cm³/mol. The Morgan fingerprint density at radius 2 is 1.43 bits per heavy atom. The predicted octanol–water partition coefficient (Wildman–Crippen LogP) is 5.21. The molecule has 4 nitrogen and oxygen atoms in total. The molecular weight excluding hydrogens is 372 g/mol. The zero-order chi connectivity index (χ0) is 21.9. The van der Waals surface area contributed by atoms with Crippen molar-refractivity contribution in [3.05, 3.63) is 0 Å². The smallest absolute Gasteiger partial charge is 0.220 e. The van der Waals surface area contributed by atoms with Crippen molar-refractivity contribution in [1.82, 2.24) is 10.6 Å². The minimum absolute atomic E-state index is 0.0177. The number of carbonyl (C=O) groups is 2. The molecule has 0 unspecified atom stereocenters. The molecule has 4 rings (SSSR count). The van der Waals surface area contributed by atoms with Crippen LogP contribution in [0.3, 0.4) is 0 Å². The molecule has 6 atom stereocenters. The topological polar surface area (TPSA) is 58.2 Å². The molecule has 0 spiro atoms. The van der Waals surface area contributed by atoms with E-state index in [0.29, 0.717) is 30.2 Å². The molecule has 0 aromatic rings. The van der Waals surface area contributed by atoms with Crippen LogP contribution in [0.1, 0.15) is 106 Å². The van der Waals surface area contributed by atoms with Crippen LogP contribution in [0.5, 0.6) is 0 Å². The lowest BCUT2D eigenvalue weighted by molar-refractivity contribution is -0.126. The van der Waals surface area contributed by atoms with Gasteiger partial charge in [-0.05, 0) is 85.4 Å². The van der Waals surface area contributed by atoms with E-state index in [1.165, 1.54) is 25.7 Å². The number of carbonyl (C=O) groups excluding carboxylic acids is 2. The number of nitrogens with one attached hydrogen (secondary N) is 2. The molecule has 2 N–H and O–H groups in total. The summed E-state index contributed by atoms with van der Waals surface area (Å²) in [5.41, 5.74) is 0.742. The first-order chi connectivity index (χ1) is 13.9. The van der Waals surface area contributed by atoms with Gasteiger partial charge in [0.15, 0.2) is 0 Å². The first-order valence-corrected chi connectivity index (χ1v) is 12.5. The van der Waals surface area contributed by atoms with Crippen molar-refractivity contribution in [2.24, 2.45) is 34.0 Å². The van der Waals surface area contributed by atoms with Gasteiger partial charge < -0.3 is 10.6 Å². The molecule has 4 aliphatic rings. The maximum Gasteiger partial charge on any atom is 0.220 e. The van der Waals surface area contributed by atoms with E-state index in [0.717, 1.165) is 37.5 Å². The molecule has 0 saturated heterocycles. The fraction of sp³-hybridized carbons (Fsp3) is 0.923. The van der Waals surface area contributed by atoms with Crippen LogP contribution in [0, 0.1) is 34.0 Å². The van der Waals surface area contributed by atoms with Crippen molar-refractivity contribution in [2.75, 3.05) is 0 Å². The molecule has 0 radical (unpaired) electrons. The van der Waals surface area contributed by atoms with E-state index in [-0.39, 0.29) is 28.2 Å². The summed E-state index contributed by atoms with van der Waals surface area (Å²) in [4.78, 5) is 25.3. The Balaban J connectivity index is 1.20. The standard InChI is InChI=1S/C26H44N2O2/c1-17-15-18-12-14-26(17,24(18,4)5)28-22(30)10-8-7-9-21(29)27-20-16-19-11-13-25(20,6)23(19,2)3/h17-20H,7-16H2,1-6H3,(H,27,29)(H,28,30)/t17-,18-,19-,20+,25-,26+/m1/s1. The molecule has 4 heteroatoms. The Bertz CT molecular complexity index is 714. The third-order valence-corrected chi connectivity index (χ3v) is 11.1. The Hall–Kier alpha value is -1.06. The summed E-state index contributed by atoms with van der Waals surface area (Å²) in [5.74, 6) is 2.41. The maximum absolute atomic E-state index is 12.7. The van der Waals surface area contributed by atoms with E-state index in [4.69, 9.17) is 0 Å². The highest BCUT2D eigenvalue weighted by molar-refractivity contribution is 5.78. The SMILES string of the molecule is C[C@@H]1C[C@H]2CC[C@@]1(NC(=O)CCCCC(=O)N[C@H]1C[C@H]3CC[C@@]1(C)C3(C)C)C2(C)C. The second-order valence-electron chi connectivity index (χ2n) is 12.6. The summed E-state index contributed by atoms with van der Waals surface area (Å²) in [6, 6.07) is 0.322. The highest BCUT2D eigenvalue weighted by atomic mass is 16.2. The molecule has 4 fully saturated rings. The molecule has 4 saturated carbocycles. The van der Waals surface area contributed by atoms with E-state index < -0.39 is 0 Å². The molecular formula is C26H44N2O2. The van der Waals surface area contributed by atoms with Crippen molar-refractivity contribution >= 4 is 11.8 Å². The minimum atomic E-state index is -0.0177. The van der Waals surface area contributed by atoms with E-state index in [1.54, 1.807) is 0 Å². The Kier molecular flexibility index (Phi) is 5.34. The van der Waals surface area contributed by atoms with E-state index >= 15 is 0 Å². The van der Waals surface area contributed by atoms with Gasteiger partial charge in [0.2, 0.25) is 11.8 Å². The summed E-state index contributed by atoms with van der Waals surface area (Å²) in [7, 11) is 0. The summed E-state index contributed by atoms with van der Waals surface area (Å²) in [6.45, 7) is 14.1. The number of hydrogen-bond donors (Lipinski definition) is 2. The second kappa shape index (κ2) is 7.24. The van der Waals surface area contributed by atoms with Crippen molar-refractivity contribution in [1.29, 1.82) is 0 Å². The van der Waals surface area contributed by atoms with Gasteiger partial charge in [-0.3, -0.25) is 9.59 Å². The molecule has 0 aromatic heterocycles. The van der Waals surface area contributed by atoms with E-state index in [1.807, 2.05) is 0 Å². The zero-order valence-electron chi connectivity index (χ0n) is 20.2. The van der Waals surface area contributed by atoms with Crippen molar-refractivity contribution in [3.63, 3.8) is 0 Å². The van der Waals surface area contributed by atoms with Crippen LogP contribution in [-0.4, -0.2) is 23.4 Å². The number of amides is 2. The van der Waals surface area contributed by atoms with Crippen molar-refractivity contribution in [3.8, 4) is 0 Å². The van der Waals surface area contributed by atoms with Crippen LogP contribution in [0.2, 0.25) is 0 Å². The van der Waals surface area contributed by atoms with Crippen LogP contribution in [0.15, 0.2) is 0 Å². The van der Waals surface area contributed by atoms with Gasteiger partial charge in [-0.2, -0.15) is 0 Å². The average Bonchev–Trinajstić information content (AvgIpc) is 3.18. The molecule has 30 heavy (non-hydrogen) atoms. The lowest BCUT2D eigenvalue weighted by atomic mass is 9.69. The van der Waals surface area contributed by atoms with Crippen molar-refractivity contribution in [2.45, 2.75) is 117 Å².